The van der Waals surface area contributed by atoms with Gasteiger partial charge in [0.25, 0.3) is 0 Å². The Kier molecular flexibility index (Phi) is 2.88. The van der Waals surface area contributed by atoms with Crippen molar-refractivity contribution >= 4 is 18.5 Å². The molecule has 0 spiro atoms. The molecule has 2 heteroatoms. The van der Waals surface area contributed by atoms with Gasteiger partial charge in [-0.2, -0.15) is 0 Å². The summed E-state index contributed by atoms with van der Waals surface area (Å²) in [5, 5.41) is 4.16. The van der Waals surface area contributed by atoms with Gasteiger partial charge in [-0.05, 0) is 16.7 Å². The van der Waals surface area contributed by atoms with Gasteiger partial charge in [-0.15, -0.1) is 0 Å². The van der Waals surface area contributed by atoms with Gasteiger partial charge in [0.05, 0.1) is 0 Å². The molecule has 0 saturated carbocycles. The molecule has 2 rings (SSSR count). The molecular weight excluding hydrogens is 184 g/mol. The van der Waals surface area contributed by atoms with Gasteiger partial charge >= 0.3 is 0 Å². The Balaban J connectivity index is 2.08. The van der Waals surface area contributed by atoms with Crippen molar-refractivity contribution in [2.75, 3.05) is 0 Å². The van der Waals surface area contributed by atoms with Gasteiger partial charge in [0, 0.05) is 19.1 Å². The van der Waals surface area contributed by atoms with Gasteiger partial charge in [-0.25, -0.2) is 0 Å². The number of nitrogens with zero attached hydrogens (tertiary/aromatic N) is 2. The molecule has 1 aliphatic heterocycles. The molecule has 1 heterocycles. The zero-order valence-corrected chi connectivity index (χ0v) is 8.67. The first kappa shape index (κ1) is 9.59. The van der Waals surface area contributed by atoms with Crippen molar-refractivity contribution in [2.24, 2.45) is 5.10 Å². The highest BCUT2D eigenvalue weighted by molar-refractivity contribution is 5.77. The summed E-state index contributed by atoms with van der Waals surface area (Å²) < 4.78 is 1.85. The third kappa shape index (κ3) is 2.50. The zero-order chi connectivity index (χ0) is 10.5. The second kappa shape index (κ2) is 4.51. The average Bonchev–Trinajstić information content (AvgIpc) is 2.66. The van der Waals surface area contributed by atoms with Gasteiger partial charge in [0.15, 0.2) is 0 Å². The van der Waals surface area contributed by atoms with Crippen molar-refractivity contribution in [3.63, 3.8) is 0 Å². The van der Waals surface area contributed by atoms with Gasteiger partial charge in [0.1, 0.15) is 6.21 Å². The zero-order valence-electron chi connectivity index (χ0n) is 8.67. The Hall–Kier alpha value is -1.96. The van der Waals surface area contributed by atoms with E-state index in [0.29, 0.717) is 0 Å². The minimum absolute atomic E-state index is 1.13. The van der Waals surface area contributed by atoms with Crippen LogP contribution in [0.15, 0.2) is 53.3 Å². The van der Waals surface area contributed by atoms with E-state index in [0.717, 1.165) is 5.70 Å². The number of benzene rings is 1. The van der Waals surface area contributed by atoms with Crippen LogP contribution in [-0.2, 0) is 0 Å². The highest BCUT2D eigenvalue weighted by atomic mass is 15.4. The minimum atomic E-state index is 1.13. The summed E-state index contributed by atoms with van der Waals surface area (Å²) in [4.78, 5) is 0. The lowest BCUT2D eigenvalue weighted by atomic mass is 10.2. The van der Waals surface area contributed by atoms with Crippen molar-refractivity contribution in [1.29, 1.82) is 0 Å². The van der Waals surface area contributed by atoms with Gasteiger partial charge < -0.3 is 0 Å². The maximum atomic E-state index is 4.16. The highest BCUT2D eigenvalue weighted by Crippen LogP contribution is 2.02. The van der Waals surface area contributed by atoms with Crippen LogP contribution in [0.2, 0.25) is 0 Å². The quantitative estimate of drug-likeness (QED) is 0.648. The Morgan fingerprint density at radius 1 is 1.20 bits per heavy atom. The Labute approximate surface area is 89.6 Å². The van der Waals surface area contributed by atoms with Crippen LogP contribution in [0.5, 0.6) is 0 Å². The SMILES string of the molecule is CC1=CC=N[N+]1=CC=Cc1ccccc1. The number of hydrogen-bond donors (Lipinski definition) is 0. The highest BCUT2D eigenvalue weighted by Gasteiger charge is 2.08. The Morgan fingerprint density at radius 3 is 2.67 bits per heavy atom. The van der Waals surface area contributed by atoms with Crippen LogP contribution in [0.3, 0.4) is 0 Å². The van der Waals surface area contributed by atoms with Crippen LogP contribution in [0.4, 0.5) is 0 Å². The summed E-state index contributed by atoms with van der Waals surface area (Å²) in [6.07, 6.45) is 9.77. The summed E-state index contributed by atoms with van der Waals surface area (Å²) in [5.41, 5.74) is 2.33. The Morgan fingerprint density at radius 2 is 2.00 bits per heavy atom. The summed E-state index contributed by atoms with van der Waals surface area (Å²) in [6.45, 7) is 2.03. The Bertz CT molecular complexity index is 451. The fourth-order valence-electron chi connectivity index (χ4n) is 1.34. The molecule has 0 saturated heterocycles. The van der Waals surface area contributed by atoms with Gasteiger partial charge in [-0.1, -0.05) is 35.0 Å². The van der Waals surface area contributed by atoms with E-state index >= 15 is 0 Å². The van der Waals surface area contributed by atoms with E-state index in [4.69, 9.17) is 0 Å². The van der Waals surface area contributed by atoms with Crippen molar-refractivity contribution in [1.82, 2.24) is 0 Å². The van der Waals surface area contributed by atoms with E-state index in [2.05, 4.69) is 23.3 Å². The minimum Gasteiger partial charge on any atom is -0.0622 e. The predicted molar refractivity (Wildman–Crippen MR) is 64.0 cm³/mol. The standard InChI is InChI=1S/C13H13N2/c1-12-9-10-14-15(12)11-5-8-13-6-3-2-4-7-13/h2-11H,1H3/q+1. The molecule has 1 aromatic carbocycles. The van der Waals surface area contributed by atoms with Crippen molar-refractivity contribution in [3.05, 3.63) is 53.7 Å². The van der Waals surface area contributed by atoms with E-state index in [-0.39, 0.29) is 0 Å². The molecule has 2 nitrogen and oxygen atoms in total. The first-order chi connectivity index (χ1) is 7.36. The maximum absolute atomic E-state index is 4.16. The molecule has 0 radical (unpaired) electrons. The van der Waals surface area contributed by atoms with E-state index in [9.17, 15) is 0 Å². The van der Waals surface area contributed by atoms with Crippen LogP contribution in [0.25, 0.3) is 6.08 Å². The molecule has 0 atom stereocenters. The summed E-state index contributed by atoms with van der Waals surface area (Å²) in [6, 6.07) is 10.2. The lowest BCUT2D eigenvalue weighted by molar-refractivity contribution is -0.471. The summed E-state index contributed by atoms with van der Waals surface area (Å²) in [7, 11) is 0. The average molecular weight is 197 g/mol. The fraction of sp³-hybridized carbons (Fsp3) is 0.0769. The van der Waals surface area contributed by atoms with Crippen LogP contribution in [-0.4, -0.2) is 17.1 Å². The predicted octanol–water partition coefficient (Wildman–Crippen LogP) is 2.69. The van der Waals surface area contributed by atoms with Crippen LogP contribution >= 0.6 is 0 Å². The third-order valence-corrected chi connectivity index (χ3v) is 2.18. The smallest absolute Gasteiger partial charge is 0.0622 e. The molecule has 0 fully saturated rings. The van der Waals surface area contributed by atoms with E-state index < -0.39 is 0 Å². The lowest BCUT2D eigenvalue weighted by Gasteiger charge is -1.88. The van der Waals surface area contributed by atoms with Crippen LogP contribution < -0.4 is 0 Å². The fourth-order valence-corrected chi connectivity index (χ4v) is 1.34. The van der Waals surface area contributed by atoms with Crippen LogP contribution in [0, 0.1) is 0 Å². The van der Waals surface area contributed by atoms with Gasteiger partial charge in [-0.3, -0.25) is 0 Å². The number of hydrazone groups is 1. The van der Waals surface area contributed by atoms with Crippen molar-refractivity contribution in [2.45, 2.75) is 6.92 Å². The second-order valence-electron chi connectivity index (χ2n) is 3.34. The van der Waals surface area contributed by atoms with Crippen LogP contribution in [0.1, 0.15) is 12.5 Å². The molecule has 0 aromatic heterocycles. The monoisotopic (exact) mass is 197 g/mol. The topological polar surface area (TPSA) is 15.4 Å². The number of hydrogen-bond acceptors (Lipinski definition) is 1. The van der Waals surface area contributed by atoms with Crippen molar-refractivity contribution in [3.8, 4) is 0 Å². The number of rotatable bonds is 2. The molecular formula is C13H13N2+. The van der Waals surface area contributed by atoms with E-state index in [1.54, 1.807) is 6.21 Å². The summed E-state index contributed by atoms with van der Waals surface area (Å²) in [5.74, 6) is 0. The number of allylic oxidation sites excluding steroid dienone is 3. The molecule has 0 aliphatic carbocycles. The lowest BCUT2D eigenvalue weighted by Crippen LogP contribution is -1.97. The first-order valence-corrected chi connectivity index (χ1v) is 4.93. The normalized spacial score (nSPS) is 17.7. The largest absolute Gasteiger partial charge is 0.213 e. The van der Waals surface area contributed by atoms with Gasteiger partial charge in [0.2, 0.25) is 11.9 Å². The first-order valence-electron chi connectivity index (χ1n) is 4.93. The molecule has 74 valence electrons. The molecule has 0 N–H and O–H groups in total. The van der Waals surface area contributed by atoms with E-state index in [1.165, 1.54) is 5.56 Å². The molecule has 1 aromatic rings. The third-order valence-electron chi connectivity index (χ3n) is 2.18. The van der Waals surface area contributed by atoms with E-state index in [1.807, 2.05) is 48.2 Å². The summed E-state index contributed by atoms with van der Waals surface area (Å²) >= 11 is 0. The molecule has 0 bridgehead atoms. The molecule has 0 amide bonds. The molecule has 1 aliphatic rings. The second-order valence-corrected chi connectivity index (χ2v) is 3.34. The molecule has 0 unspecified atom stereocenters. The van der Waals surface area contributed by atoms with Crippen molar-refractivity contribution < 1.29 is 4.68 Å². The molecule has 15 heavy (non-hydrogen) atoms. The maximum Gasteiger partial charge on any atom is 0.213 e.